The van der Waals surface area contributed by atoms with Crippen molar-refractivity contribution in [2.75, 3.05) is 4.90 Å². The zero-order valence-electron chi connectivity index (χ0n) is 19.9. The van der Waals surface area contributed by atoms with E-state index in [4.69, 9.17) is 4.74 Å². The first-order chi connectivity index (χ1) is 18.2. The number of benzene rings is 6. The molecule has 2 nitrogen and oxygen atoms in total. The number of ether oxygens (including phenoxy) is 1. The van der Waals surface area contributed by atoms with Crippen molar-refractivity contribution >= 4 is 27.8 Å². The standard InChI is InChI=1S/C34H22FNO/c35-26-15-19-29(20-16-26)36(27-8-2-1-3-9-27)28-17-12-23(13-18-28)25-14-21-30-31-10-4-6-24-7-5-11-32(34(24)31)37-33(30)22-25/h1-22H. The maximum Gasteiger partial charge on any atom is 0.135 e. The van der Waals surface area contributed by atoms with Gasteiger partial charge < -0.3 is 9.64 Å². The van der Waals surface area contributed by atoms with Gasteiger partial charge in [-0.2, -0.15) is 0 Å². The molecule has 1 aliphatic rings. The highest BCUT2D eigenvalue weighted by Gasteiger charge is 2.20. The van der Waals surface area contributed by atoms with Crippen molar-refractivity contribution in [1.29, 1.82) is 0 Å². The lowest BCUT2D eigenvalue weighted by Crippen LogP contribution is -2.09. The molecule has 6 aromatic rings. The first-order valence-corrected chi connectivity index (χ1v) is 12.3. The summed E-state index contributed by atoms with van der Waals surface area (Å²) in [5.74, 6) is 1.51. The second kappa shape index (κ2) is 8.65. The Morgan fingerprint density at radius 3 is 1.89 bits per heavy atom. The predicted molar refractivity (Wildman–Crippen MR) is 150 cm³/mol. The van der Waals surface area contributed by atoms with Gasteiger partial charge in [0.2, 0.25) is 0 Å². The van der Waals surface area contributed by atoms with E-state index in [-0.39, 0.29) is 5.82 Å². The van der Waals surface area contributed by atoms with Crippen LogP contribution in [0.4, 0.5) is 21.5 Å². The van der Waals surface area contributed by atoms with E-state index in [1.165, 1.54) is 23.1 Å². The lowest BCUT2D eigenvalue weighted by atomic mass is 9.93. The van der Waals surface area contributed by atoms with E-state index in [0.717, 1.165) is 50.6 Å². The van der Waals surface area contributed by atoms with Gasteiger partial charge in [-0.1, -0.05) is 66.7 Å². The van der Waals surface area contributed by atoms with Gasteiger partial charge in [0.25, 0.3) is 0 Å². The van der Waals surface area contributed by atoms with Gasteiger partial charge in [0.15, 0.2) is 0 Å². The molecule has 0 unspecified atom stereocenters. The summed E-state index contributed by atoms with van der Waals surface area (Å²) in [5.41, 5.74) is 7.40. The first kappa shape index (κ1) is 21.4. The number of para-hydroxylation sites is 1. The third kappa shape index (κ3) is 3.73. The molecule has 37 heavy (non-hydrogen) atoms. The van der Waals surface area contributed by atoms with Gasteiger partial charge in [-0.05, 0) is 88.8 Å². The zero-order valence-corrected chi connectivity index (χ0v) is 19.9. The van der Waals surface area contributed by atoms with Crippen LogP contribution < -0.4 is 9.64 Å². The summed E-state index contributed by atoms with van der Waals surface area (Å²) in [6, 6.07) is 44.1. The molecule has 0 bridgehead atoms. The SMILES string of the molecule is Fc1ccc(N(c2ccccc2)c2ccc(-c3ccc4c(c3)Oc3cccc5cccc-4c35)cc2)cc1. The average Bonchev–Trinajstić information content (AvgIpc) is 2.95. The molecule has 0 saturated carbocycles. The molecule has 0 N–H and O–H groups in total. The molecule has 3 heteroatoms. The number of rotatable bonds is 4. The third-order valence-electron chi connectivity index (χ3n) is 6.92. The van der Waals surface area contributed by atoms with E-state index in [0.29, 0.717) is 0 Å². The number of hydrogen-bond acceptors (Lipinski definition) is 2. The van der Waals surface area contributed by atoms with Crippen LogP contribution in [0.5, 0.6) is 11.5 Å². The number of hydrogen-bond donors (Lipinski definition) is 0. The minimum Gasteiger partial charge on any atom is -0.456 e. The van der Waals surface area contributed by atoms with Crippen LogP contribution >= 0.6 is 0 Å². The molecule has 6 aromatic carbocycles. The van der Waals surface area contributed by atoms with Gasteiger partial charge in [-0.15, -0.1) is 0 Å². The van der Waals surface area contributed by atoms with Crippen LogP contribution in [0, 0.1) is 5.82 Å². The van der Waals surface area contributed by atoms with Gasteiger partial charge in [-0.3, -0.25) is 0 Å². The fraction of sp³-hybridized carbons (Fsp3) is 0. The second-order valence-corrected chi connectivity index (χ2v) is 9.17. The van der Waals surface area contributed by atoms with Crippen molar-refractivity contribution in [2.45, 2.75) is 0 Å². The number of anilines is 3. The Bertz CT molecular complexity index is 1740. The first-order valence-electron chi connectivity index (χ1n) is 12.3. The van der Waals surface area contributed by atoms with E-state index in [1.54, 1.807) is 12.1 Å². The molecular weight excluding hydrogens is 457 g/mol. The van der Waals surface area contributed by atoms with Crippen LogP contribution in [0.15, 0.2) is 133 Å². The highest BCUT2D eigenvalue weighted by Crippen LogP contribution is 2.47. The average molecular weight is 480 g/mol. The van der Waals surface area contributed by atoms with Gasteiger partial charge >= 0.3 is 0 Å². The normalized spacial score (nSPS) is 11.6. The quantitative estimate of drug-likeness (QED) is 0.249. The summed E-state index contributed by atoms with van der Waals surface area (Å²) in [6.45, 7) is 0. The largest absolute Gasteiger partial charge is 0.456 e. The number of halogens is 1. The van der Waals surface area contributed by atoms with Crippen molar-refractivity contribution in [1.82, 2.24) is 0 Å². The molecular formula is C34H22FNO. The molecule has 0 amide bonds. The Kier molecular flexibility index (Phi) is 5.00. The number of fused-ring (bicyclic) bond motifs is 2. The Labute approximate surface area is 214 Å². The molecule has 1 aliphatic heterocycles. The molecule has 0 aromatic heterocycles. The fourth-order valence-corrected chi connectivity index (χ4v) is 5.16. The molecule has 7 rings (SSSR count). The molecule has 176 valence electrons. The van der Waals surface area contributed by atoms with Crippen molar-refractivity contribution in [2.24, 2.45) is 0 Å². The van der Waals surface area contributed by atoms with Crippen LogP contribution in [-0.2, 0) is 0 Å². The second-order valence-electron chi connectivity index (χ2n) is 9.17. The summed E-state index contributed by atoms with van der Waals surface area (Å²) in [5, 5.41) is 2.35. The maximum atomic E-state index is 13.6. The van der Waals surface area contributed by atoms with E-state index in [2.05, 4.69) is 83.8 Å². The summed E-state index contributed by atoms with van der Waals surface area (Å²) in [7, 11) is 0. The topological polar surface area (TPSA) is 12.5 Å². The molecule has 0 radical (unpaired) electrons. The Hall–Kier alpha value is -4.89. The van der Waals surface area contributed by atoms with E-state index in [1.807, 2.05) is 30.3 Å². The molecule has 0 aliphatic carbocycles. The van der Waals surface area contributed by atoms with Gasteiger partial charge in [0.05, 0.1) is 0 Å². The van der Waals surface area contributed by atoms with Crippen LogP contribution in [0.3, 0.4) is 0 Å². The van der Waals surface area contributed by atoms with Crippen molar-refractivity contribution in [3.05, 3.63) is 139 Å². The van der Waals surface area contributed by atoms with E-state index >= 15 is 0 Å². The van der Waals surface area contributed by atoms with E-state index < -0.39 is 0 Å². The van der Waals surface area contributed by atoms with Crippen LogP contribution in [0.2, 0.25) is 0 Å². The predicted octanol–water partition coefficient (Wildman–Crippen LogP) is 9.89. The molecule has 0 atom stereocenters. The van der Waals surface area contributed by atoms with Crippen molar-refractivity contribution in [3.63, 3.8) is 0 Å². The minimum atomic E-state index is -0.249. The van der Waals surface area contributed by atoms with Crippen LogP contribution in [0.25, 0.3) is 33.0 Å². The Morgan fingerprint density at radius 2 is 1.14 bits per heavy atom. The minimum absolute atomic E-state index is 0.249. The highest BCUT2D eigenvalue weighted by atomic mass is 19.1. The lowest BCUT2D eigenvalue weighted by molar-refractivity contribution is 0.487. The zero-order chi connectivity index (χ0) is 24.8. The summed E-state index contributed by atoms with van der Waals surface area (Å²) < 4.78 is 20.0. The molecule has 0 saturated heterocycles. The molecule has 0 spiro atoms. The summed E-state index contributed by atoms with van der Waals surface area (Å²) in [4.78, 5) is 2.12. The van der Waals surface area contributed by atoms with Gasteiger partial charge in [-0.25, -0.2) is 4.39 Å². The lowest BCUT2D eigenvalue weighted by Gasteiger charge is -2.25. The van der Waals surface area contributed by atoms with Gasteiger partial charge in [0.1, 0.15) is 17.3 Å². The van der Waals surface area contributed by atoms with Gasteiger partial charge in [0, 0.05) is 28.0 Å². The Balaban J connectivity index is 1.26. The maximum absolute atomic E-state index is 13.6. The summed E-state index contributed by atoms with van der Waals surface area (Å²) >= 11 is 0. The van der Waals surface area contributed by atoms with E-state index in [9.17, 15) is 4.39 Å². The van der Waals surface area contributed by atoms with Crippen molar-refractivity contribution < 1.29 is 9.13 Å². The monoisotopic (exact) mass is 479 g/mol. The van der Waals surface area contributed by atoms with Crippen molar-refractivity contribution in [3.8, 4) is 33.8 Å². The van der Waals surface area contributed by atoms with Crippen LogP contribution in [0.1, 0.15) is 0 Å². The fourth-order valence-electron chi connectivity index (χ4n) is 5.16. The third-order valence-corrected chi connectivity index (χ3v) is 6.92. The number of nitrogens with zero attached hydrogens (tertiary/aromatic N) is 1. The molecule has 0 fully saturated rings. The highest BCUT2D eigenvalue weighted by molar-refractivity contribution is 6.04. The van der Waals surface area contributed by atoms with Crippen LogP contribution in [-0.4, -0.2) is 0 Å². The molecule has 1 heterocycles. The summed E-state index contributed by atoms with van der Waals surface area (Å²) in [6.07, 6.45) is 0. The Morgan fingerprint density at radius 1 is 0.486 bits per heavy atom. The smallest absolute Gasteiger partial charge is 0.135 e.